The van der Waals surface area contributed by atoms with Crippen molar-refractivity contribution in [1.29, 1.82) is 0 Å². The predicted molar refractivity (Wildman–Crippen MR) is 149 cm³/mol. The highest BCUT2D eigenvalue weighted by atomic mass is 16.6. The number of nitrogens with zero attached hydrogens (tertiary/aromatic N) is 3. The van der Waals surface area contributed by atoms with E-state index >= 15 is 0 Å². The van der Waals surface area contributed by atoms with E-state index < -0.39 is 23.7 Å². The summed E-state index contributed by atoms with van der Waals surface area (Å²) in [5.74, 6) is 0.245. The van der Waals surface area contributed by atoms with Gasteiger partial charge in [-0.3, -0.25) is 14.9 Å². The minimum absolute atomic E-state index is 0.0412. The Morgan fingerprint density at radius 3 is 2.71 bits per heavy atom. The first kappa shape index (κ1) is 29.5. The number of allylic oxidation sites excluding steroid dienone is 1. The van der Waals surface area contributed by atoms with Crippen LogP contribution in [0.4, 0.5) is 0 Å². The van der Waals surface area contributed by atoms with Gasteiger partial charge in [-0.15, -0.1) is 0 Å². The lowest BCUT2D eigenvalue weighted by Gasteiger charge is -2.26. The van der Waals surface area contributed by atoms with Gasteiger partial charge in [0.05, 0.1) is 29.5 Å². The Labute approximate surface area is 224 Å². The molecule has 0 spiro atoms. The fraction of sp³-hybridized carbons (Fsp3) is 0.552. The van der Waals surface area contributed by atoms with E-state index in [4.69, 9.17) is 14.5 Å². The van der Waals surface area contributed by atoms with Crippen LogP contribution in [0.5, 0.6) is 0 Å². The van der Waals surface area contributed by atoms with Gasteiger partial charge in [0.1, 0.15) is 17.5 Å². The number of aromatic nitrogens is 3. The van der Waals surface area contributed by atoms with E-state index in [0.717, 1.165) is 41.8 Å². The molecule has 2 N–H and O–H groups in total. The van der Waals surface area contributed by atoms with Crippen molar-refractivity contribution in [2.24, 2.45) is 7.05 Å². The molecule has 0 aliphatic carbocycles. The normalized spacial score (nSPS) is 18.6. The second kappa shape index (κ2) is 12.2. The van der Waals surface area contributed by atoms with E-state index in [2.05, 4.69) is 16.5 Å². The Balaban J connectivity index is 1.93. The average Bonchev–Trinajstić information content (AvgIpc) is 3.42. The molecule has 38 heavy (non-hydrogen) atoms. The van der Waals surface area contributed by atoms with Crippen molar-refractivity contribution in [1.82, 2.24) is 19.4 Å². The van der Waals surface area contributed by atoms with E-state index in [1.165, 1.54) is 0 Å². The van der Waals surface area contributed by atoms with Crippen LogP contribution >= 0.6 is 0 Å². The van der Waals surface area contributed by atoms with Gasteiger partial charge < -0.3 is 23.7 Å². The number of hydrogen-bond acceptors (Lipinski definition) is 7. The smallest absolute Gasteiger partial charge is 0.326 e. The summed E-state index contributed by atoms with van der Waals surface area (Å²) in [4.78, 5) is 29.6. The fourth-order valence-corrected chi connectivity index (χ4v) is 4.47. The molecule has 0 saturated carbocycles. The molecular weight excluding hydrogens is 484 g/mol. The van der Waals surface area contributed by atoms with Gasteiger partial charge in [0.2, 0.25) is 0 Å². The zero-order valence-electron chi connectivity index (χ0n) is 23.7. The van der Waals surface area contributed by atoms with Crippen LogP contribution < -0.4 is 21.6 Å². The van der Waals surface area contributed by atoms with Crippen molar-refractivity contribution in [2.75, 3.05) is 13.2 Å². The molecule has 2 aromatic heterocycles. The fourth-order valence-electron chi connectivity index (χ4n) is 4.47. The highest BCUT2D eigenvalue weighted by molar-refractivity contribution is 5.77. The summed E-state index contributed by atoms with van der Waals surface area (Å²) in [6.45, 7) is 16.6. The van der Waals surface area contributed by atoms with Crippen molar-refractivity contribution in [2.45, 2.75) is 84.8 Å². The number of ether oxygens (including phenoxy) is 2. The maximum Gasteiger partial charge on any atom is 0.326 e. The monoisotopic (exact) mass is 526 g/mol. The van der Waals surface area contributed by atoms with Crippen LogP contribution in [0, 0.1) is 6.92 Å². The molecular formula is C29H42N4O5. The zero-order chi connectivity index (χ0) is 28.2. The van der Waals surface area contributed by atoms with Crippen LogP contribution in [0.1, 0.15) is 53.0 Å². The third-order valence-corrected chi connectivity index (χ3v) is 6.38. The number of rotatable bonds is 9. The summed E-state index contributed by atoms with van der Waals surface area (Å²) in [6, 6.07) is 1.02. The Bertz CT molecular complexity index is 1310. The number of aryl methyl sites for hydroxylation is 2. The van der Waals surface area contributed by atoms with Crippen LogP contribution in [0.3, 0.4) is 0 Å². The highest BCUT2D eigenvalue weighted by Crippen LogP contribution is 2.19. The first-order valence-corrected chi connectivity index (χ1v) is 13.1. The summed E-state index contributed by atoms with van der Waals surface area (Å²) >= 11 is 0. The van der Waals surface area contributed by atoms with Gasteiger partial charge >= 0.3 is 5.97 Å². The molecule has 3 heterocycles. The third-order valence-electron chi connectivity index (χ3n) is 6.38. The largest absolute Gasteiger partial charge is 0.459 e. The number of carbonyl (C=O) groups is 1. The van der Waals surface area contributed by atoms with Crippen LogP contribution in [0.15, 0.2) is 28.7 Å². The molecule has 1 fully saturated rings. The lowest BCUT2D eigenvalue weighted by atomic mass is 10.1. The molecule has 0 radical (unpaired) electrons. The van der Waals surface area contributed by atoms with Crippen molar-refractivity contribution in [3.63, 3.8) is 0 Å². The molecule has 9 heteroatoms. The first-order valence-electron chi connectivity index (χ1n) is 13.1. The molecule has 1 aliphatic rings. The SMILES string of the molecule is C=c1nc(-c2cc(C)c(=O)n(C)c2)n(C[C@@H]2CCCO2)/c1=C/C=C(\C)CN[C@H](C(=O)OC(C)(C)C)[C@@H](C)O. The quantitative estimate of drug-likeness (QED) is 0.478. The Kier molecular flexibility index (Phi) is 9.51. The van der Waals surface area contributed by atoms with Gasteiger partial charge in [0, 0.05) is 37.5 Å². The highest BCUT2D eigenvalue weighted by Gasteiger charge is 2.28. The maximum atomic E-state index is 12.5. The van der Waals surface area contributed by atoms with Gasteiger partial charge in [0.15, 0.2) is 0 Å². The van der Waals surface area contributed by atoms with Gasteiger partial charge in [-0.1, -0.05) is 18.2 Å². The van der Waals surface area contributed by atoms with Crippen molar-refractivity contribution in [3.05, 3.63) is 50.5 Å². The lowest BCUT2D eigenvalue weighted by molar-refractivity contribution is -0.160. The van der Waals surface area contributed by atoms with Gasteiger partial charge in [0.25, 0.3) is 5.56 Å². The molecule has 1 aliphatic heterocycles. The number of esters is 1. The zero-order valence-corrected chi connectivity index (χ0v) is 23.7. The molecule has 3 atom stereocenters. The summed E-state index contributed by atoms with van der Waals surface area (Å²) in [6.07, 6.45) is 6.88. The molecule has 9 nitrogen and oxygen atoms in total. The number of nitrogens with one attached hydrogen (secondary N) is 1. The number of carbonyl (C=O) groups excluding carboxylic acids is 1. The topological polar surface area (TPSA) is 108 Å². The van der Waals surface area contributed by atoms with Crippen molar-refractivity contribution < 1.29 is 19.4 Å². The van der Waals surface area contributed by atoms with Crippen LogP contribution in [0.2, 0.25) is 0 Å². The Morgan fingerprint density at radius 1 is 1.42 bits per heavy atom. The summed E-state index contributed by atoms with van der Waals surface area (Å²) in [5, 5.41) is 14.7. The second-order valence-electron chi connectivity index (χ2n) is 11.2. The molecule has 0 amide bonds. The third kappa shape index (κ3) is 7.52. The summed E-state index contributed by atoms with van der Waals surface area (Å²) in [7, 11) is 1.74. The average molecular weight is 527 g/mol. The van der Waals surface area contributed by atoms with Crippen molar-refractivity contribution >= 4 is 18.6 Å². The van der Waals surface area contributed by atoms with Gasteiger partial charge in [-0.2, -0.15) is 0 Å². The van der Waals surface area contributed by atoms with Crippen LogP contribution in [0.25, 0.3) is 24.0 Å². The molecule has 3 rings (SSSR count). The summed E-state index contributed by atoms with van der Waals surface area (Å²) < 4.78 is 15.0. The Hall–Kier alpha value is -3.01. The van der Waals surface area contributed by atoms with E-state index in [1.807, 2.05) is 25.1 Å². The minimum Gasteiger partial charge on any atom is -0.459 e. The maximum absolute atomic E-state index is 12.5. The molecule has 0 aromatic carbocycles. The molecule has 0 unspecified atom stereocenters. The first-order chi connectivity index (χ1) is 17.8. The number of aliphatic hydroxyl groups is 1. The van der Waals surface area contributed by atoms with Crippen LogP contribution in [-0.4, -0.2) is 62.2 Å². The van der Waals surface area contributed by atoms with Gasteiger partial charge in [-0.25, -0.2) is 4.98 Å². The van der Waals surface area contributed by atoms with Crippen molar-refractivity contribution in [3.8, 4) is 11.4 Å². The predicted octanol–water partition coefficient (Wildman–Crippen LogP) is 1.55. The molecule has 0 bridgehead atoms. The molecule has 1 saturated heterocycles. The minimum atomic E-state index is -0.909. The van der Waals surface area contributed by atoms with E-state index in [1.54, 1.807) is 52.4 Å². The lowest BCUT2D eigenvalue weighted by Crippen LogP contribution is -2.48. The molecule has 2 aromatic rings. The second-order valence-corrected chi connectivity index (χ2v) is 11.2. The van der Waals surface area contributed by atoms with E-state index in [0.29, 0.717) is 24.0 Å². The van der Waals surface area contributed by atoms with Gasteiger partial charge in [-0.05, 0) is 66.5 Å². The number of hydrogen-bond donors (Lipinski definition) is 2. The Morgan fingerprint density at radius 2 is 2.13 bits per heavy atom. The molecule has 208 valence electrons. The van der Waals surface area contributed by atoms with E-state index in [-0.39, 0.29) is 11.7 Å². The number of aliphatic hydroxyl groups excluding tert-OH is 1. The number of pyridine rings is 1. The number of imidazole rings is 1. The van der Waals surface area contributed by atoms with E-state index in [9.17, 15) is 14.7 Å². The summed E-state index contributed by atoms with van der Waals surface area (Å²) in [5.41, 5.74) is 1.75. The van der Waals surface area contributed by atoms with Crippen LogP contribution in [-0.2, 0) is 27.9 Å². The standard InChI is InChI=1S/C29H42N4O5/c1-18(15-30-25(21(4)34)28(36)38-29(5,6)7)11-12-24-20(3)31-26(33(24)17-23-10-9-13-37-23)22-14-19(2)27(35)32(8)16-22/h11-12,14,16,21,23,25,30,34H,3,9-10,13,15,17H2,1-2,4-8H3/b18-11+,24-12+/t21-,23+,25+/m1/s1.